The Kier molecular flexibility index (Phi) is 3.51. The summed E-state index contributed by atoms with van der Waals surface area (Å²) in [6.07, 6.45) is 4.26. The van der Waals surface area contributed by atoms with Crippen LogP contribution in [0.25, 0.3) is 0 Å². The molecule has 0 radical (unpaired) electrons. The predicted molar refractivity (Wildman–Crippen MR) is 68.5 cm³/mol. The molecule has 92 valence electrons. The van der Waals surface area contributed by atoms with Gasteiger partial charge in [-0.2, -0.15) is 0 Å². The van der Waals surface area contributed by atoms with Gasteiger partial charge in [0, 0.05) is 11.0 Å². The van der Waals surface area contributed by atoms with Gasteiger partial charge in [-0.25, -0.2) is 0 Å². The van der Waals surface area contributed by atoms with Gasteiger partial charge in [-0.3, -0.25) is 4.79 Å². The van der Waals surface area contributed by atoms with Crippen molar-refractivity contribution in [2.45, 2.75) is 39.5 Å². The lowest BCUT2D eigenvalue weighted by Crippen LogP contribution is -2.11. The second kappa shape index (κ2) is 4.91. The molecule has 0 amide bonds. The molecule has 0 spiro atoms. The van der Waals surface area contributed by atoms with E-state index in [0.717, 1.165) is 43.6 Å². The highest BCUT2D eigenvalue weighted by Gasteiger charge is 2.44. The standard InChI is InChI=1S/C15H20O2/c1-3-4-11-17-13-7-5-12(6-8-13)14(16)15(2)9-10-15/h5-8H,3-4,9-11H2,1-2H3. The highest BCUT2D eigenvalue weighted by atomic mass is 16.5. The van der Waals surface area contributed by atoms with E-state index in [1.165, 1.54) is 0 Å². The summed E-state index contributed by atoms with van der Waals surface area (Å²) >= 11 is 0. The highest BCUT2D eigenvalue weighted by molar-refractivity contribution is 6.02. The van der Waals surface area contributed by atoms with Crippen molar-refractivity contribution in [2.75, 3.05) is 6.61 Å². The number of benzene rings is 1. The molecular weight excluding hydrogens is 212 g/mol. The minimum Gasteiger partial charge on any atom is -0.494 e. The van der Waals surface area contributed by atoms with E-state index in [1.54, 1.807) is 0 Å². The third-order valence-corrected chi connectivity index (χ3v) is 3.43. The number of ether oxygens (including phenoxy) is 1. The Balaban J connectivity index is 1.95. The molecule has 0 unspecified atom stereocenters. The van der Waals surface area contributed by atoms with E-state index in [-0.39, 0.29) is 11.2 Å². The number of Topliss-reactive ketones (excluding diaryl/α,β-unsaturated/α-hetero) is 1. The molecule has 0 bridgehead atoms. The summed E-state index contributed by atoms with van der Waals surface area (Å²) in [5.41, 5.74) is 0.734. The van der Waals surface area contributed by atoms with Crippen LogP contribution in [0.1, 0.15) is 49.9 Å². The molecule has 1 aliphatic rings. The SMILES string of the molecule is CCCCOc1ccc(C(=O)C2(C)CC2)cc1. The summed E-state index contributed by atoms with van der Waals surface area (Å²) in [5, 5.41) is 0. The lowest BCUT2D eigenvalue weighted by atomic mass is 9.97. The molecular formula is C15H20O2. The summed E-state index contributed by atoms with van der Waals surface area (Å²) in [6.45, 7) is 4.93. The molecule has 0 N–H and O–H groups in total. The molecule has 1 aromatic rings. The zero-order valence-electron chi connectivity index (χ0n) is 10.7. The van der Waals surface area contributed by atoms with E-state index >= 15 is 0 Å². The lowest BCUT2D eigenvalue weighted by molar-refractivity contribution is 0.0912. The summed E-state index contributed by atoms with van der Waals surface area (Å²) in [5.74, 6) is 1.13. The maximum Gasteiger partial charge on any atom is 0.168 e. The average molecular weight is 232 g/mol. The van der Waals surface area contributed by atoms with Crippen molar-refractivity contribution in [2.24, 2.45) is 5.41 Å². The van der Waals surface area contributed by atoms with Crippen LogP contribution >= 0.6 is 0 Å². The largest absolute Gasteiger partial charge is 0.494 e. The van der Waals surface area contributed by atoms with Crippen LogP contribution in [0.2, 0.25) is 0 Å². The van der Waals surface area contributed by atoms with Crippen LogP contribution in [0.4, 0.5) is 0 Å². The van der Waals surface area contributed by atoms with Gasteiger partial charge in [0.05, 0.1) is 6.61 Å². The van der Waals surface area contributed by atoms with Crippen LogP contribution in [0.5, 0.6) is 5.75 Å². The Hall–Kier alpha value is -1.31. The number of carbonyl (C=O) groups excluding carboxylic acids is 1. The maximum absolute atomic E-state index is 12.1. The van der Waals surface area contributed by atoms with Gasteiger partial charge in [-0.15, -0.1) is 0 Å². The average Bonchev–Trinajstić information content (AvgIpc) is 3.09. The molecule has 0 heterocycles. The Labute approximate surface area is 103 Å². The smallest absolute Gasteiger partial charge is 0.168 e. The zero-order valence-corrected chi connectivity index (χ0v) is 10.7. The van der Waals surface area contributed by atoms with E-state index in [2.05, 4.69) is 6.92 Å². The van der Waals surface area contributed by atoms with Gasteiger partial charge in [0.2, 0.25) is 0 Å². The van der Waals surface area contributed by atoms with Crippen molar-refractivity contribution in [3.05, 3.63) is 29.8 Å². The first kappa shape index (κ1) is 12.2. The minimum absolute atomic E-state index is 0.0788. The maximum atomic E-state index is 12.1. The van der Waals surface area contributed by atoms with Gasteiger partial charge < -0.3 is 4.74 Å². The monoisotopic (exact) mass is 232 g/mol. The van der Waals surface area contributed by atoms with Crippen molar-refractivity contribution in [3.8, 4) is 5.75 Å². The number of unbranched alkanes of at least 4 members (excludes halogenated alkanes) is 1. The van der Waals surface area contributed by atoms with Crippen LogP contribution in [0.15, 0.2) is 24.3 Å². The number of hydrogen-bond acceptors (Lipinski definition) is 2. The molecule has 1 aromatic carbocycles. The van der Waals surface area contributed by atoms with Crippen LogP contribution < -0.4 is 4.74 Å². The molecule has 1 aliphatic carbocycles. The van der Waals surface area contributed by atoms with Crippen LogP contribution in [-0.4, -0.2) is 12.4 Å². The van der Waals surface area contributed by atoms with Gasteiger partial charge in [0.25, 0.3) is 0 Å². The number of hydrogen-bond donors (Lipinski definition) is 0. The van der Waals surface area contributed by atoms with E-state index in [9.17, 15) is 4.79 Å². The van der Waals surface area contributed by atoms with Gasteiger partial charge in [0.1, 0.15) is 5.75 Å². The molecule has 1 fully saturated rings. The molecule has 0 atom stereocenters. The quantitative estimate of drug-likeness (QED) is 0.550. The number of carbonyl (C=O) groups is 1. The van der Waals surface area contributed by atoms with Gasteiger partial charge in [-0.05, 0) is 43.5 Å². The summed E-state index contributed by atoms with van der Waals surface area (Å²) in [6, 6.07) is 7.56. The van der Waals surface area contributed by atoms with Crippen LogP contribution in [0.3, 0.4) is 0 Å². The first-order valence-corrected chi connectivity index (χ1v) is 6.43. The first-order chi connectivity index (χ1) is 8.15. The van der Waals surface area contributed by atoms with Gasteiger partial charge in [-0.1, -0.05) is 20.3 Å². The Morgan fingerprint density at radius 2 is 1.94 bits per heavy atom. The fraction of sp³-hybridized carbons (Fsp3) is 0.533. The van der Waals surface area contributed by atoms with Crippen molar-refractivity contribution < 1.29 is 9.53 Å². The van der Waals surface area contributed by atoms with E-state index in [4.69, 9.17) is 4.74 Å². The second-order valence-corrected chi connectivity index (χ2v) is 5.12. The molecule has 2 nitrogen and oxygen atoms in total. The zero-order chi connectivity index (χ0) is 12.3. The molecule has 2 heteroatoms. The Morgan fingerprint density at radius 3 is 2.47 bits per heavy atom. The van der Waals surface area contributed by atoms with Crippen LogP contribution in [-0.2, 0) is 0 Å². The minimum atomic E-state index is -0.0788. The van der Waals surface area contributed by atoms with Crippen molar-refractivity contribution in [1.82, 2.24) is 0 Å². The second-order valence-electron chi connectivity index (χ2n) is 5.12. The van der Waals surface area contributed by atoms with E-state index in [0.29, 0.717) is 0 Å². The topological polar surface area (TPSA) is 26.3 Å². The van der Waals surface area contributed by atoms with E-state index < -0.39 is 0 Å². The predicted octanol–water partition coefficient (Wildman–Crippen LogP) is 3.85. The molecule has 2 rings (SSSR count). The molecule has 0 aliphatic heterocycles. The van der Waals surface area contributed by atoms with Gasteiger partial charge in [0.15, 0.2) is 5.78 Å². The third-order valence-electron chi connectivity index (χ3n) is 3.43. The molecule has 0 aromatic heterocycles. The highest BCUT2D eigenvalue weighted by Crippen LogP contribution is 2.47. The molecule has 17 heavy (non-hydrogen) atoms. The summed E-state index contributed by atoms with van der Waals surface area (Å²) in [7, 11) is 0. The fourth-order valence-corrected chi connectivity index (χ4v) is 1.80. The van der Waals surface area contributed by atoms with Crippen molar-refractivity contribution >= 4 is 5.78 Å². The Bertz CT molecular complexity index is 388. The number of ketones is 1. The first-order valence-electron chi connectivity index (χ1n) is 6.43. The fourth-order valence-electron chi connectivity index (χ4n) is 1.80. The normalized spacial score (nSPS) is 16.6. The lowest BCUT2D eigenvalue weighted by Gasteiger charge is -2.09. The summed E-state index contributed by atoms with van der Waals surface area (Å²) < 4.78 is 5.57. The van der Waals surface area contributed by atoms with Crippen LogP contribution in [0, 0.1) is 5.41 Å². The third kappa shape index (κ3) is 2.87. The molecule has 1 saturated carbocycles. The van der Waals surface area contributed by atoms with Crippen molar-refractivity contribution in [1.29, 1.82) is 0 Å². The molecule has 0 saturated heterocycles. The van der Waals surface area contributed by atoms with Crippen molar-refractivity contribution in [3.63, 3.8) is 0 Å². The van der Waals surface area contributed by atoms with Gasteiger partial charge >= 0.3 is 0 Å². The summed E-state index contributed by atoms with van der Waals surface area (Å²) in [4.78, 5) is 12.1. The number of rotatable bonds is 6. The van der Waals surface area contributed by atoms with E-state index in [1.807, 2.05) is 31.2 Å². The Morgan fingerprint density at radius 1 is 1.29 bits per heavy atom.